The Hall–Kier alpha value is -2.25. The smallest absolute Gasteiger partial charge is 0.341 e. The van der Waals surface area contributed by atoms with Crippen molar-refractivity contribution in [3.63, 3.8) is 0 Å². The van der Waals surface area contributed by atoms with Crippen LogP contribution in [0.3, 0.4) is 0 Å². The van der Waals surface area contributed by atoms with Crippen LogP contribution in [0.1, 0.15) is 15.2 Å². The topological polar surface area (TPSA) is 64.6 Å². The molecule has 0 fully saturated rings. The third kappa shape index (κ3) is 5.08. The first-order valence-electron chi connectivity index (χ1n) is 8.65. The van der Waals surface area contributed by atoms with Crippen molar-refractivity contribution in [2.24, 2.45) is 0 Å². The second kappa shape index (κ2) is 9.71. The van der Waals surface area contributed by atoms with Crippen LogP contribution in [0.15, 0.2) is 42.5 Å². The molecule has 2 aromatic carbocycles. The molecule has 0 saturated heterocycles. The predicted octanol–water partition coefficient (Wildman–Crippen LogP) is 6.49. The van der Waals surface area contributed by atoms with Gasteiger partial charge in [0, 0.05) is 26.6 Å². The summed E-state index contributed by atoms with van der Waals surface area (Å²) in [5.74, 6) is -0.743. The van der Waals surface area contributed by atoms with Crippen molar-refractivity contribution in [1.29, 1.82) is 0 Å². The molecule has 0 bridgehead atoms. The molecule has 1 aromatic heterocycles. The highest BCUT2D eigenvalue weighted by Gasteiger charge is 2.25. The number of benzene rings is 2. The number of rotatable bonds is 6. The van der Waals surface area contributed by atoms with E-state index in [0.717, 1.165) is 10.4 Å². The Morgan fingerprint density at radius 1 is 1.07 bits per heavy atom. The van der Waals surface area contributed by atoms with Gasteiger partial charge in [-0.15, -0.1) is 11.3 Å². The second-order valence-corrected chi connectivity index (χ2v) is 8.66. The van der Waals surface area contributed by atoms with Crippen molar-refractivity contribution in [3.05, 3.63) is 68.0 Å². The monoisotopic (exact) mass is 483 g/mol. The van der Waals surface area contributed by atoms with Gasteiger partial charge in [0.1, 0.15) is 16.3 Å². The zero-order valence-electron chi connectivity index (χ0n) is 15.9. The molecule has 0 radical (unpaired) electrons. The molecule has 0 unspecified atom stereocenters. The van der Waals surface area contributed by atoms with Crippen molar-refractivity contribution in [3.8, 4) is 16.9 Å². The van der Waals surface area contributed by atoms with E-state index in [-0.39, 0.29) is 17.9 Å². The Morgan fingerprint density at radius 3 is 2.50 bits per heavy atom. The van der Waals surface area contributed by atoms with E-state index >= 15 is 0 Å². The molecule has 3 aromatic rings. The number of hydrogen-bond donors (Lipinski definition) is 1. The summed E-state index contributed by atoms with van der Waals surface area (Å²) in [6.45, 7) is 1.54. The first-order valence-corrected chi connectivity index (χ1v) is 10.6. The number of thiophene rings is 1. The number of carbonyl (C=O) groups excluding carboxylic acids is 2. The predicted molar refractivity (Wildman–Crippen MR) is 121 cm³/mol. The van der Waals surface area contributed by atoms with Gasteiger partial charge < -0.3 is 14.8 Å². The van der Waals surface area contributed by atoms with Crippen LogP contribution in [0.4, 0.5) is 5.00 Å². The summed E-state index contributed by atoms with van der Waals surface area (Å²) in [6, 6.07) is 11.8. The lowest BCUT2D eigenvalue weighted by Gasteiger charge is -2.10. The number of ether oxygens (including phenoxy) is 2. The Balaban J connectivity index is 1.86. The van der Waals surface area contributed by atoms with Gasteiger partial charge in [-0.3, -0.25) is 4.79 Å². The fraction of sp³-hybridized carbons (Fsp3) is 0.143. The molecule has 0 aliphatic carbocycles. The van der Waals surface area contributed by atoms with E-state index in [1.54, 1.807) is 30.3 Å². The maximum absolute atomic E-state index is 12.5. The molecule has 5 nitrogen and oxygen atoms in total. The average molecular weight is 485 g/mol. The minimum Gasteiger partial charge on any atom is -0.482 e. The third-order valence-corrected chi connectivity index (χ3v) is 5.90. The minimum atomic E-state index is -0.566. The lowest BCUT2D eigenvalue weighted by Crippen LogP contribution is -2.21. The van der Waals surface area contributed by atoms with Gasteiger partial charge in [-0.2, -0.15) is 0 Å². The lowest BCUT2D eigenvalue weighted by atomic mass is 10.0. The Kier molecular flexibility index (Phi) is 7.26. The standard InChI is InChI=1S/C21H16Cl3NO4S/c1-11-18(12-4-3-5-13(22)8-12)19(21(27)28-2)20(30-11)25-17(26)10-29-16-9-14(23)6-7-15(16)24/h3-9H,10H2,1-2H3,(H,25,26). The number of carbonyl (C=O) groups is 2. The van der Waals surface area contributed by atoms with Crippen LogP contribution in [0, 0.1) is 6.92 Å². The molecular formula is C21H16Cl3NO4S. The molecular weight excluding hydrogens is 469 g/mol. The Morgan fingerprint density at radius 2 is 1.80 bits per heavy atom. The van der Waals surface area contributed by atoms with E-state index in [4.69, 9.17) is 44.3 Å². The molecule has 0 atom stereocenters. The maximum atomic E-state index is 12.5. The fourth-order valence-electron chi connectivity index (χ4n) is 2.81. The van der Waals surface area contributed by atoms with Gasteiger partial charge in [0.25, 0.3) is 5.91 Å². The van der Waals surface area contributed by atoms with E-state index in [1.807, 2.05) is 13.0 Å². The van der Waals surface area contributed by atoms with E-state index in [9.17, 15) is 9.59 Å². The summed E-state index contributed by atoms with van der Waals surface area (Å²) >= 11 is 19.3. The second-order valence-electron chi connectivity index (χ2n) is 6.15. The SMILES string of the molecule is COC(=O)c1c(NC(=O)COc2cc(Cl)ccc2Cl)sc(C)c1-c1cccc(Cl)c1. The first kappa shape index (κ1) is 22.4. The van der Waals surface area contributed by atoms with Gasteiger partial charge in [0.15, 0.2) is 6.61 Å². The number of nitrogens with one attached hydrogen (secondary N) is 1. The van der Waals surface area contributed by atoms with Crippen LogP contribution in [0.2, 0.25) is 15.1 Å². The molecule has 0 spiro atoms. The van der Waals surface area contributed by atoms with Crippen LogP contribution in [-0.4, -0.2) is 25.6 Å². The van der Waals surface area contributed by atoms with E-state index in [0.29, 0.717) is 25.6 Å². The molecule has 1 N–H and O–H groups in total. The van der Waals surface area contributed by atoms with Gasteiger partial charge in [0.05, 0.1) is 12.1 Å². The number of anilines is 1. The normalized spacial score (nSPS) is 10.6. The van der Waals surface area contributed by atoms with Gasteiger partial charge in [-0.05, 0) is 36.8 Å². The molecule has 0 aliphatic heterocycles. The van der Waals surface area contributed by atoms with Crippen LogP contribution in [0.5, 0.6) is 5.75 Å². The molecule has 1 heterocycles. The molecule has 156 valence electrons. The largest absolute Gasteiger partial charge is 0.482 e. The molecule has 30 heavy (non-hydrogen) atoms. The number of aryl methyl sites for hydroxylation is 1. The Labute approximate surface area is 192 Å². The highest BCUT2D eigenvalue weighted by atomic mass is 35.5. The van der Waals surface area contributed by atoms with Crippen molar-refractivity contribution >= 4 is 63.0 Å². The fourth-order valence-corrected chi connectivity index (χ4v) is 4.42. The maximum Gasteiger partial charge on any atom is 0.341 e. The van der Waals surface area contributed by atoms with Crippen molar-refractivity contribution in [2.45, 2.75) is 6.92 Å². The molecule has 9 heteroatoms. The summed E-state index contributed by atoms with van der Waals surface area (Å²) < 4.78 is 10.4. The van der Waals surface area contributed by atoms with Crippen molar-refractivity contribution in [2.75, 3.05) is 19.0 Å². The minimum absolute atomic E-state index is 0.261. The first-order chi connectivity index (χ1) is 14.3. The highest BCUT2D eigenvalue weighted by Crippen LogP contribution is 2.41. The van der Waals surface area contributed by atoms with Crippen LogP contribution >= 0.6 is 46.1 Å². The number of amides is 1. The summed E-state index contributed by atoms with van der Waals surface area (Å²) in [7, 11) is 1.28. The summed E-state index contributed by atoms with van der Waals surface area (Å²) in [6.07, 6.45) is 0. The van der Waals surface area contributed by atoms with Gasteiger partial charge in [-0.1, -0.05) is 46.9 Å². The zero-order valence-corrected chi connectivity index (χ0v) is 19.0. The number of esters is 1. The van der Waals surface area contributed by atoms with E-state index in [1.165, 1.54) is 24.5 Å². The van der Waals surface area contributed by atoms with E-state index in [2.05, 4.69) is 5.32 Å². The summed E-state index contributed by atoms with van der Waals surface area (Å²) in [5.41, 5.74) is 1.67. The van der Waals surface area contributed by atoms with Crippen molar-refractivity contribution in [1.82, 2.24) is 0 Å². The van der Waals surface area contributed by atoms with Crippen LogP contribution < -0.4 is 10.1 Å². The number of methoxy groups -OCH3 is 1. The average Bonchev–Trinajstić information content (AvgIpc) is 3.03. The van der Waals surface area contributed by atoms with Crippen LogP contribution in [0.25, 0.3) is 11.1 Å². The van der Waals surface area contributed by atoms with Gasteiger partial charge in [-0.25, -0.2) is 4.79 Å². The molecule has 1 amide bonds. The van der Waals surface area contributed by atoms with Crippen molar-refractivity contribution < 1.29 is 19.1 Å². The van der Waals surface area contributed by atoms with Gasteiger partial charge in [0.2, 0.25) is 0 Å². The molecule has 3 rings (SSSR count). The number of hydrogen-bond acceptors (Lipinski definition) is 5. The highest BCUT2D eigenvalue weighted by molar-refractivity contribution is 7.17. The van der Waals surface area contributed by atoms with Crippen LogP contribution in [-0.2, 0) is 9.53 Å². The summed E-state index contributed by atoms with van der Waals surface area (Å²) in [4.78, 5) is 25.8. The number of halogens is 3. The summed E-state index contributed by atoms with van der Waals surface area (Å²) in [5, 5.41) is 4.38. The Bertz CT molecular complexity index is 1110. The van der Waals surface area contributed by atoms with E-state index < -0.39 is 11.9 Å². The van der Waals surface area contributed by atoms with Gasteiger partial charge >= 0.3 is 5.97 Å². The third-order valence-electron chi connectivity index (χ3n) is 4.09. The lowest BCUT2D eigenvalue weighted by molar-refractivity contribution is -0.118. The quantitative estimate of drug-likeness (QED) is 0.406. The molecule has 0 aliphatic rings. The molecule has 0 saturated carbocycles. The zero-order chi connectivity index (χ0) is 21.8.